The number of ether oxygens (including phenoxy) is 2. The van der Waals surface area contributed by atoms with Crippen molar-refractivity contribution in [1.82, 2.24) is 4.90 Å². The molecule has 2 N–H and O–H groups in total. The summed E-state index contributed by atoms with van der Waals surface area (Å²) in [6, 6.07) is 0. The zero-order chi connectivity index (χ0) is 16.1. The molecule has 0 aromatic heterocycles. The summed E-state index contributed by atoms with van der Waals surface area (Å²) in [5.41, 5.74) is 0. The molecule has 0 bridgehead atoms. The fourth-order valence-electron chi connectivity index (χ4n) is 1.66. The molecular weight excluding hydrogens is 301 g/mol. The number of aliphatic carboxylic acids is 1. The van der Waals surface area contributed by atoms with Gasteiger partial charge in [-0.2, -0.15) is 0 Å². The van der Waals surface area contributed by atoms with Gasteiger partial charge < -0.3 is 29.6 Å². The molecule has 7 nitrogen and oxygen atoms in total. The largest absolute Gasteiger partial charge is 1.00 e. The van der Waals surface area contributed by atoms with E-state index in [1.54, 1.807) is 12.2 Å². The second-order valence-electron chi connectivity index (χ2n) is 4.53. The van der Waals surface area contributed by atoms with Gasteiger partial charge in [0, 0.05) is 19.6 Å². The molecule has 2 unspecified atom stereocenters. The molecule has 2 atom stereocenters. The number of carboxylic acids is 1. The smallest absolute Gasteiger partial charge is 0.549 e. The summed E-state index contributed by atoms with van der Waals surface area (Å²) in [6.45, 7) is 7.36. The van der Waals surface area contributed by atoms with Gasteiger partial charge >= 0.3 is 29.6 Å². The Kier molecular flexibility index (Phi) is 17.1. The number of carbonyl (C=O) groups is 1. The fraction of sp³-hybridized carbons (Fsp3) is 0.643. The van der Waals surface area contributed by atoms with Gasteiger partial charge in [0.15, 0.2) is 0 Å². The average molecular weight is 325 g/mol. The first kappa shape index (κ1) is 24.0. The summed E-state index contributed by atoms with van der Waals surface area (Å²) >= 11 is 0. The van der Waals surface area contributed by atoms with Gasteiger partial charge in [-0.15, -0.1) is 13.2 Å². The van der Waals surface area contributed by atoms with Crippen molar-refractivity contribution in [2.75, 3.05) is 46.1 Å². The maximum Gasteiger partial charge on any atom is 1.00 e. The van der Waals surface area contributed by atoms with Crippen LogP contribution in [0.5, 0.6) is 0 Å². The van der Waals surface area contributed by atoms with Gasteiger partial charge in [0.2, 0.25) is 0 Å². The van der Waals surface area contributed by atoms with Crippen LogP contribution in [0.3, 0.4) is 0 Å². The molecule has 0 aromatic carbocycles. The van der Waals surface area contributed by atoms with Crippen molar-refractivity contribution in [3.63, 3.8) is 0 Å². The Bertz CT molecular complexity index is 294. The average Bonchev–Trinajstić information content (AvgIpc) is 2.38. The Hall–Kier alpha value is -0.250. The van der Waals surface area contributed by atoms with Crippen molar-refractivity contribution >= 4 is 5.97 Å². The summed E-state index contributed by atoms with van der Waals surface area (Å²) in [5.74, 6) is -1.28. The number of aliphatic hydroxyl groups excluding tert-OH is 2. The molecule has 0 aliphatic rings. The van der Waals surface area contributed by atoms with E-state index in [1.807, 2.05) is 0 Å². The third-order valence-electron chi connectivity index (χ3n) is 2.38. The molecule has 8 heteroatoms. The molecule has 0 amide bonds. The van der Waals surface area contributed by atoms with Crippen molar-refractivity contribution < 1.29 is 59.1 Å². The number of aliphatic hydroxyl groups is 2. The minimum Gasteiger partial charge on any atom is -0.549 e. The molecule has 0 saturated heterocycles. The number of carboxylic acid groups (broad SMARTS) is 1. The van der Waals surface area contributed by atoms with E-state index in [0.29, 0.717) is 13.2 Å². The second kappa shape index (κ2) is 15.6. The van der Waals surface area contributed by atoms with E-state index in [-0.39, 0.29) is 55.9 Å². The van der Waals surface area contributed by atoms with Gasteiger partial charge in [-0.1, -0.05) is 12.2 Å². The number of hydrogen-bond donors (Lipinski definition) is 2. The number of hydrogen-bond acceptors (Lipinski definition) is 7. The van der Waals surface area contributed by atoms with E-state index in [0.717, 1.165) is 0 Å². The normalized spacial score (nSPS) is 13.2. The first-order valence-electron chi connectivity index (χ1n) is 6.65. The monoisotopic (exact) mass is 325 g/mol. The number of nitrogens with zero attached hydrogens (tertiary/aromatic N) is 1. The van der Waals surface area contributed by atoms with Crippen molar-refractivity contribution in [3.8, 4) is 0 Å². The van der Waals surface area contributed by atoms with Crippen LogP contribution in [-0.2, 0) is 14.3 Å². The van der Waals surface area contributed by atoms with Gasteiger partial charge in [0.25, 0.3) is 0 Å². The first-order chi connectivity index (χ1) is 9.99. The Morgan fingerprint density at radius 3 is 1.82 bits per heavy atom. The van der Waals surface area contributed by atoms with E-state index in [9.17, 15) is 20.1 Å². The molecule has 0 fully saturated rings. The molecule has 0 heterocycles. The SMILES string of the molecule is C=CCOCC(O)CN(CC(=O)[O-])CC(O)COCC=C.[Na+]. The van der Waals surface area contributed by atoms with Crippen molar-refractivity contribution in [3.05, 3.63) is 25.3 Å². The number of rotatable bonds is 14. The third kappa shape index (κ3) is 14.7. The van der Waals surface area contributed by atoms with Crippen LogP contribution in [0.1, 0.15) is 0 Å². The predicted octanol–water partition coefficient (Wildman–Crippen LogP) is -4.83. The van der Waals surface area contributed by atoms with Crippen LogP contribution in [0, 0.1) is 0 Å². The standard InChI is InChI=1S/C14H25NO6.Na/c1-3-5-20-10-12(16)7-15(9-14(18)19)8-13(17)11-21-6-4-2;/h3-4,12-13,16-17H,1-2,5-11H2,(H,18,19);/q;+1/p-1. The first-order valence-corrected chi connectivity index (χ1v) is 6.65. The fourth-order valence-corrected chi connectivity index (χ4v) is 1.66. The number of carbonyl (C=O) groups excluding carboxylic acids is 1. The third-order valence-corrected chi connectivity index (χ3v) is 2.38. The molecule has 0 rings (SSSR count). The maximum absolute atomic E-state index is 10.7. The summed E-state index contributed by atoms with van der Waals surface area (Å²) in [7, 11) is 0. The van der Waals surface area contributed by atoms with E-state index >= 15 is 0 Å². The van der Waals surface area contributed by atoms with Gasteiger partial charge in [0.05, 0.1) is 44.6 Å². The van der Waals surface area contributed by atoms with Crippen LogP contribution >= 0.6 is 0 Å². The van der Waals surface area contributed by atoms with E-state index in [1.165, 1.54) is 4.90 Å². The molecular formula is C14H24NNaO6. The van der Waals surface area contributed by atoms with Crippen molar-refractivity contribution in [2.45, 2.75) is 12.2 Å². The summed E-state index contributed by atoms with van der Waals surface area (Å²) in [5, 5.41) is 30.2. The summed E-state index contributed by atoms with van der Waals surface area (Å²) in [6.07, 6.45) is 1.36. The minimum atomic E-state index is -1.28. The van der Waals surface area contributed by atoms with Crippen LogP contribution < -0.4 is 34.7 Å². The Balaban J connectivity index is 0. The quantitative estimate of drug-likeness (QED) is 0.188. The minimum absolute atomic E-state index is 0. The summed E-state index contributed by atoms with van der Waals surface area (Å²) in [4.78, 5) is 12.1. The van der Waals surface area contributed by atoms with Crippen LogP contribution in [0.2, 0.25) is 0 Å². The zero-order valence-corrected chi connectivity index (χ0v) is 15.1. The Labute approximate surface area is 153 Å². The van der Waals surface area contributed by atoms with E-state index in [4.69, 9.17) is 9.47 Å². The topological polar surface area (TPSA) is 102 Å². The molecule has 0 spiro atoms. The van der Waals surface area contributed by atoms with Gasteiger partial charge in [-0.05, 0) is 0 Å². The molecule has 22 heavy (non-hydrogen) atoms. The van der Waals surface area contributed by atoms with Crippen LogP contribution in [0.25, 0.3) is 0 Å². The summed E-state index contributed by atoms with van der Waals surface area (Å²) < 4.78 is 10.2. The van der Waals surface area contributed by atoms with E-state index in [2.05, 4.69) is 13.2 Å². The molecule has 0 aliphatic carbocycles. The molecule has 0 aliphatic heterocycles. The van der Waals surface area contributed by atoms with Crippen LogP contribution in [-0.4, -0.2) is 79.4 Å². The van der Waals surface area contributed by atoms with Gasteiger partial charge in [-0.3, -0.25) is 4.90 Å². The van der Waals surface area contributed by atoms with Crippen LogP contribution in [0.4, 0.5) is 0 Å². The maximum atomic E-state index is 10.7. The van der Waals surface area contributed by atoms with E-state index < -0.39 is 24.7 Å². The predicted molar refractivity (Wildman–Crippen MR) is 75.5 cm³/mol. The Morgan fingerprint density at radius 2 is 1.50 bits per heavy atom. The Morgan fingerprint density at radius 1 is 1.09 bits per heavy atom. The van der Waals surface area contributed by atoms with Crippen molar-refractivity contribution in [1.29, 1.82) is 0 Å². The molecule has 0 aromatic rings. The zero-order valence-electron chi connectivity index (χ0n) is 13.1. The molecule has 0 saturated carbocycles. The van der Waals surface area contributed by atoms with Crippen LogP contribution in [0.15, 0.2) is 25.3 Å². The molecule has 0 radical (unpaired) electrons. The van der Waals surface area contributed by atoms with Crippen molar-refractivity contribution in [2.24, 2.45) is 0 Å². The second-order valence-corrected chi connectivity index (χ2v) is 4.53. The van der Waals surface area contributed by atoms with Gasteiger partial charge in [-0.25, -0.2) is 0 Å². The molecule has 122 valence electrons. The van der Waals surface area contributed by atoms with Gasteiger partial charge in [0.1, 0.15) is 0 Å².